The largest absolute Gasteiger partial charge is 0.368 e. The highest BCUT2D eigenvalue weighted by Crippen LogP contribution is 2.16. The maximum atomic E-state index is 12.4. The fraction of sp³-hybridized carbons (Fsp3) is 0.579. The summed E-state index contributed by atoms with van der Waals surface area (Å²) in [6.07, 6.45) is 1.63. The van der Waals surface area contributed by atoms with Gasteiger partial charge in [0.2, 0.25) is 0 Å². The van der Waals surface area contributed by atoms with Crippen molar-refractivity contribution in [1.82, 2.24) is 15.1 Å². The number of benzene rings is 1. The van der Waals surface area contributed by atoms with Crippen LogP contribution >= 0.6 is 24.0 Å². The van der Waals surface area contributed by atoms with Gasteiger partial charge < -0.3 is 19.9 Å². The average Bonchev–Trinajstić information content (AvgIpc) is 3.17. The maximum absolute atomic E-state index is 12.4. The van der Waals surface area contributed by atoms with Crippen LogP contribution in [-0.2, 0) is 16.1 Å². The summed E-state index contributed by atoms with van der Waals surface area (Å²) in [5, 5.41) is 3.43. The zero-order valence-corrected chi connectivity index (χ0v) is 17.9. The second-order valence-electron chi connectivity index (χ2n) is 6.70. The summed E-state index contributed by atoms with van der Waals surface area (Å²) in [5.74, 6) is 1.05. The second kappa shape index (κ2) is 10.1. The number of halogens is 1. The fourth-order valence-electron chi connectivity index (χ4n) is 3.45. The Hall–Kier alpha value is -1.35. The van der Waals surface area contributed by atoms with Gasteiger partial charge in [0.15, 0.2) is 5.96 Å². The molecule has 1 atom stereocenters. The van der Waals surface area contributed by atoms with E-state index in [0.29, 0.717) is 6.61 Å². The lowest BCUT2D eigenvalue weighted by atomic mass is 10.1. The van der Waals surface area contributed by atoms with E-state index >= 15 is 0 Å². The third-order valence-electron chi connectivity index (χ3n) is 4.84. The van der Waals surface area contributed by atoms with Gasteiger partial charge in [0.1, 0.15) is 6.10 Å². The molecule has 3 rings (SSSR count). The highest BCUT2D eigenvalue weighted by molar-refractivity contribution is 14.0. The number of guanidine groups is 1. The Morgan fingerprint density at radius 2 is 2.00 bits per heavy atom. The van der Waals surface area contributed by atoms with E-state index in [2.05, 4.69) is 46.4 Å². The number of aliphatic imine (C=N–C) groups is 1. The van der Waals surface area contributed by atoms with Gasteiger partial charge in [0.25, 0.3) is 5.91 Å². The molecule has 2 fully saturated rings. The van der Waals surface area contributed by atoms with E-state index in [-0.39, 0.29) is 36.0 Å². The van der Waals surface area contributed by atoms with Crippen molar-refractivity contribution >= 4 is 35.8 Å². The molecule has 0 spiro atoms. The minimum atomic E-state index is -0.217. The molecule has 0 bridgehead atoms. The lowest BCUT2D eigenvalue weighted by molar-refractivity contribution is -0.142. The van der Waals surface area contributed by atoms with Crippen LogP contribution in [0.1, 0.15) is 24.0 Å². The smallest absolute Gasteiger partial charge is 0.251 e. The van der Waals surface area contributed by atoms with E-state index < -0.39 is 0 Å². The van der Waals surface area contributed by atoms with Crippen LogP contribution in [0, 0.1) is 6.92 Å². The minimum absolute atomic E-state index is 0. The molecule has 2 aliphatic heterocycles. The first-order valence-electron chi connectivity index (χ1n) is 9.09. The number of amides is 1. The molecule has 0 aromatic heterocycles. The molecule has 26 heavy (non-hydrogen) atoms. The van der Waals surface area contributed by atoms with E-state index in [4.69, 9.17) is 4.74 Å². The van der Waals surface area contributed by atoms with Gasteiger partial charge in [-0.25, -0.2) is 0 Å². The number of ether oxygens (including phenoxy) is 1. The number of aryl methyl sites for hydroxylation is 1. The van der Waals surface area contributed by atoms with Crippen molar-refractivity contribution < 1.29 is 9.53 Å². The van der Waals surface area contributed by atoms with Crippen LogP contribution in [0.3, 0.4) is 0 Å². The maximum Gasteiger partial charge on any atom is 0.251 e. The standard InChI is InChI=1S/C19H28N4O2.HI/c1-15-5-3-6-16(13-15)14-21-19(20-2)23-10-8-22(9-11-23)18(24)17-7-4-12-25-17;/h3,5-6,13,17H,4,7-12,14H2,1-2H3,(H,20,21);1H. The minimum Gasteiger partial charge on any atom is -0.368 e. The monoisotopic (exact) mass is 472 g/mol. The molecule has 2 heterocycles. The Balaban J connectivity index is 0.00000243. The Labute approximate surface area is 173 Å². The molecule has 1 aromatic carbocycles. The Morgan fingerprint density at radius 1 is 1.27 bits per heavy atom. The number of carbonyl (C=O) groups is 1. The molecule has 0 saturated carbocycles. The van der Waals surface area contributed by atoms with Crippen LogP contribution in [0.15, 0.2) is 29.3 Å². The summed E-state index contributed by atoms with van der Waals surface area (Å²) in [4.78, 5) is 21.0. The van der Waals surface area contributed by atoms with Gasteiger partial charge in [0.05, 0.1) is 0 Å². The third kappa shape index (κ3) is 5.33. The van der Waals surface area contributed by atoms with Crippen molar-refractivity contribution in [2.45, 2.75) is 32.4 Å². The number of nitrogens with zero attached hydrogens (tertiary/aromatic N) is 3. The van der Waals surface area contributed by atoms with Gasteiger partial charge >= 0.3 is 0 Å². The normalized spacial score (nSPS) is 20.7. The predicted octanol–water partition coefficient (Wildman–Crippen LogP) is 2.01. The lowest BCUT2D eigenvalue weighted by Gasteiger charge is -2.37. The molecular formula is C19H29IN4O2. The van der Waals surface area contributed by atoms with E-state index in [0.717, 1.165) is 51.5 Å². The van der Waals surface area contributed by atoms with Crippen LogP contribution in [0.2, 0.25) is 0 Å². The summed E-state index contributed by atoms with van der Waals surface area (Å²) in [5.41, 5.74) is 2.50. The van der Waals surface area contributed by atoms with Crippen molar-refractivity contribution in [3.8, 4) is 0 Å². The molecule has 1 amide bonds. The zero-order chi connectivity index (χ0) is 17.6. The van der Waals surface area contributed by atoms with Crippen LogP contribution in [-0.4, -0.2) is 67.6 Å². The Kier molecular flexibility index (Phi) is 8.15. The van der Waals surface area contributed by atoms with Crippen molar-refractivity contribution in [3.63, 3.8) is 0 Å². The Morgan fingerprint density at radius 3 is 2.62 bits per heavy atom. The van der Waals surface area contributed by atoms with Crippen LogP contribution in [0.4, 0.5) is 0 Å². The highest BCUT2D eigenvalue weighted by atomic mass is 127. The summed E-state index contributed by atoms with van der Waals surface area (Å²) >= 11 is 0. The van der Waals surface area contributed by atoms with E-state index in [1.807, 2.05) is 11.9 Å². The molecule has 7 heteroatoms. The topological polar surface area (TPSA) is 57.2 Å². The molecule has 0 radical (unpaired) electrons. The van der Waals surface area contributed by atoms with Gasteiger partial charge in [-0.05, 0) is 25.3 Å². The van der Waals surface area contributed by atoms with Crippen LogP contribution < -0.4 is 5.32 Å². The van der Waals surface area contributed by atoms with Crippen molar-refractivity contribution in [2.75, 3.05) is 39.8 Å². The summed E-state index contributed by atoms with van der Waals surface area (Å²) < 4.78 is 5.52. The highest BCUT2D eigenvalue weighted by Gasteiger charge is 2.30. The molecule has 144 valence electrons. The first-order valence-corrected chi connectivity index (χ1v) is 9.09. The van der Waals surface area contributed by atoms with Crippen LogP contribution in [0.25, 0.3) is 0 Å². The predicted molar refractivity (Wildman–Crippen MR) is 114 cm³/mol. The van der Waals surface area contributed by atoms with E-state index in [1.54, 1.807) is 0 Å². The van der Waals surface area contributed by atoms with Crippen LogP contribution in [0.5, 0.6) is 0 Å². The number of rotatable bonds is 3. The summed E-state index contributed by atoms with van der Waals surface area (Å²) in [7, 11) is 1.81. The second-order valence-corrected chi connectivity index (χ2v) is 6.70. The first kappa shape index (κ1) is 21.0. The molecule has 0 aliphatic carbocycles. The SMILES string of the molecule is CN=C(NCc1cccc(C)c1)N1CCN(C(=O)C2CCCO2)CC1.I. The fourth-order valence-corrected chi connectivity index (χ4v) is 3.45. The quantitative estimate of drug-likeness (QED) is 0.416. The Bertz CT molecular complexity index is 624. The average molecular weight is 472 g/mol. The van der Waals surface area contributed by atoms with Gasteiger partial charge in [-0.1, -0.05) is 29.8 Å². The molecule has 2 saturated heterocycles. The number of hydrogen-bond acceptors (Lipinski definition) is 3. The molecule has 1 N–H and O–H groups in total. The lowest BCUT2D eigenvalue weighted by Crippen LogP contribution is -2.55. The first-order chi connectivity index (χ1) is 12.2. The van der Waals surface area contributed by atoms with Gasteiger partial charge in [-0.15, -0.1) is 24.0 Å². The van der Waals surface area contributed by atoms with Crippen molar-refractivity contribution in [2.24, 2.45) is 4.99 Å². The number of carbonyl (C=O) groups excluding carboxylic acids is 1. The van der Waals surface area contributed by atoms with Gasteiger partial charge in [0, 0.05) is 46.4 Å². The van der Waals surface area contributed by atoms with E-state index in [1.165, 1.54) is 11.1 Å². The molecule has 1 unspecified atom stereocenters. The third-order valence-corrected chi connectivity index (χ3v) is 4.84. The van der Waals surface area contributed by atoms with E-state index in [9.17, 15) is 4.79 Å². The van der Waals surface area contributed by atoms with Crippen molar-refractivity contribution in [1.29, 1.82) is 0 Å². The molecule has 2 aliphatic rings. The molecule has 6 nitrogen and oxygen atoms in total. The molecular weight excluding hydrogens is 443 g/mol. The molecule has 1 aromatic rings. The summed E-state index contributed by atoms with van der Waals surface area (Å²) in [6, 6.07) is 8.47. The van der Waals surface area contributed by atoms with Gasteiger partial charge in [-0.3, -0.25) is 9.79 Å². The van der Waals surface area contributed by atoms with Gasteiger partial charge in [-0.2, -0.15) is 0 Å². The zero-order valence-electron chi connectivity index (χ0n) is 15.6. The van der Waals surface area contributed by atoms with Crippen molar-refractivity contribution in [3.05, 3.63) is 35.4 Å². The number of piperazine rings is 1. The number of nitrogens with one attached hydrogen (secondary N) is 1. The summed E-state index contributed by atoms with van der Waals surface area (Å²) in [6.45, 7) is 6.61. The number of hydrogen-bond donors (Lipinski definition) is 1.